The summed E-state index contributed by atoms with van der Waals surface area (Å²) >= 11 is 6.96. The number of halogens is 2. The molecular formula is C30H29Br2NO8. The molecule has 0 bridgehead atoms. The molecule has 3 aliphatic carbocycles. The van der Waals surface area contributed by atoms with Gasteiger partial charge in [-0.05, 0) is 88.1 Å². The van der Waals surface area contributed by atoms with Crippen molar-refractivity contribution in [1.29, 1.82) is 0 Å². The molecule has 0 aromatic heterocycles. The maximum Gasteiger partial charge on any atom is 0.303 e. The first-order chi connectivity index (χ1) is 19.5. The number of aliphatic carboxylic acids is 1. The molecule has 1 aromatic carbocycles. The Kier molecular flexibility index (Phi) is 8.13. The van der Waals surface area contributed by atoms with Gasteiger partial charge in [-0.1, -0.05) is 18.1 Å². The summed E-state index contributed by atoms with van der Waals surface area (Å²) in [6, 6.07) is 1.63. The van der Waals surface area contributed by atoms with E-state index in [-0.39, 0.29) is 54.3 Å². The van der Waals surface area contributed by atoms with E-state index >= 15 is 0 Å². The first-order valence-corrected chi connectivity index (χ1v) is 15.1. The number of fused-ring (bicyclic) bond motifs is 3. The van der Waals surface area contributed by atoms with E-state index < -0.39 is 29.6 Å². The maximum atomic E-state index is 13.8. The molecule has 1 saturated heterocycles. The number of phenolic OH excluding ortho intramolecular Hbond substituents is 1. The van der Waals surface area contributed by atoms with E-state index in [4.69, 9.17) is 9.84 Å². The monoisotopic (exact) mass is 689 g/mol. The molecule has 41 heavy (non-hydrogen) atoms. The van der Waals surface area contributed by atoms with E-state index in [9.17, 15) is 29.1 Å². The van der Waals surface area contributed by atoms with Gasteiger partial charge in [-0.15, -0.1) is 0 Å². The fourth-order valence-electron chi connectivity index (χ4n) is 6.70. The summed E-state index contributed by atoms with van der Waals surface area (Å²) in [5, 5.41) is 19.4. The third-order valence-electron chi connectivity index (χ3n) is 8.63. The van der Waals surface area contributed by atoms with Gasteiger partial charge in [-0.3, -0.25) is 28.9 Å². The number of ketones is 2. The Morgan fingerprint density at radius 3 is 2.49 bits per heavy atom. The number of methoxy groups -OCH3 is 1. The number of hydrogen-bond acceptors (Lipinski definition) is 7. The molecule has 5 rings (SSSR count). The van der Waals surface area contributed by atoms with Crippen LogP contribution in [0.5, 0.6) is 11.5 Å². The molecule has 9 nitrogen and oxygen atoms in total. The van der Waals surface area contributed by atoms with Crippen LogP contribution in [0.1, 0.15) is 56.9 Å². The van der Waals surface area contributed by atoms with Crippen molar-refractivity contribution in [3.63, 3.8) is 0 Å². The molecule has 0 radical (unpaired) electrons. The molecule has 1 fully saturated rings. The lowest BCUT2D eigenvalue weighted by Crippen LogP contribution is -2.40. The van der Waals surface area contributed by atoms with Crippen molar-refractivity contribution in [1.82, 2.24) is 4.90 Å². The number of ether oxygens (including phenoxy) is 1. The smallest absolute Gasteiger partial charge is 0.303 e. The molecule has 1 heterocycles. The number of aromatic hydroxyl groups is 1. The van der Waals surface area contributed by atoms with Crippen molar-refractivity contribution in [2.45, 2.75) is 51.4 Å². The topological polar surface area (TPSA) is 138 Å². The van der Waals surface area contributed by atoms with Crippen LogP contribution in [0, 0.1) is 17.8 Å². The van der Waals surface area contributed by atoms with Gasteiger partial charge in [0.25, 0.3) is 0 Å². The number of unbranched alkanes of at least 4 members (excludes halogenated alkanes) is 2. The van der Waals surface area contributed by atoms with Gasteiger partial charge in [0.1, 0.15) is 0 Å². The van der Waals surface area contributed by atoms with E-state index in [1.807, 2.05) is 6.08 Å². The zero-order chi connectivity index (χ0) is 29.7. The predicted molar refractivity (Wildman–Crippen MR) is 154 cm³/mol. The molecule has 4 atom stereocenters. The Hall–Kier alpha value is -3.05. The number of benzene rings is 1. The average molecular weight is 691 g/mol. The van der Waals surface area contributed by atoms with Gasteiger partial charge in [0.2, 0.25) is 11.8 Å². The summed E-state index contributed by atoms with van der Waals surface area (Å²) in [7, 11) is 1.42. The minimum absolute atomic E-state index is 0.0374. The van der Waals surface area contributed by atoms with Gasteiger partial charge in [0, 0.05) is 40.1 Å². The molecule has 2 amide bonds. The van der Waals surface area contributed by atoms with Crippen LogP contribution in [0.4, 0.5) is 0 Å². The number of carbonyl (C=O) groups excluding carboxylic acids is 4. The molecule has 0 spiro atoms. The molecule has 216 valence electrons. The zero-order valence-corrected chi connectivity index (χ0v) is 25.7. The quantitative estimate of drug-likeness (QED) is 0.168. The molecule has 0 unspecified atom stereocenters. The summed E-state index contributed by atoms with van der Waals surface area (Å²) in [5.41, 5.74) is 2.41. The number of carbonyl (C=O) groups is 5. The lowest BCUT2D eigenvalue weighted by molar-refractivity contribution is -0.141. The predicted octanol–water partition coefficient (Wildman–Crippen LogP) is 5.00. The largest absolute Gasteiger partial charge is 0.503 e. The Balaban J connectivity index is 1.56. The summed E-state index contributed by atoms with van der Waals surface area (Å²) in [6.45, 7) is 1.82. The van der Waals surface area contributed by atoms with Gasteiger partial charge < -0.3 is 14.9 Å². The Morgan fingerprint density at radius 2 is 1.80 bits per heavy atom. The fraction of sp³-hybridized carbons (Fsp3) is 0.433. The highest BCUT2D eigenvalue weighted by atomic mass is 79.9. The van der Waals surface area contributed by atoms with E-state index in [1.165, 1.54) is 18.1 Å². The first-order valence-electron chi connectivity index (χ1n) is 13.5. The van der Waals surface area contributed by atoms with Crippen molar-refractivity contribution in [2.75, 3.05) is 13.7 Å². The minimum atomic E-state index is -0.880. The number of amides is 2. The number of allylic oxidation sites excluding steroid dienone is 6. The average Bonchev–Trinajstić information content (AvgIpc) is 3.18. The van der Waals surface area contributed by atoms with E-state index in [0.29, 0.717) is 56.9 Å². The SMILES string of the molecule is COc1cc([C@H]2C3=CC[C@@H]4C(=O)N(CCCCCC(=O)O)C(=O)[C@@H]4[C@@H]3CC3=C2C(=O)C(C)=CC3=O)c(Br)c(Br)c1O. The molecule has 11 heteroatoms. The van der Waals surface area contributed by atoms with Crippen LogP contribution >= 0.6 is 31.9 Å². The van der Waals surface area contributed by atoms with Gasteiger partial charge >= 0.3 is 5.97 Å². The fourth-order valence-corrected chi connectivity index (χ4v) is 7.66. The van der Waals surface area contributed by atoms with Crippen LogP contribution in [0.25, 0.3) is 0 Å². The molecule has 1 aromatic rings. The third kappa shape index (κ3) is 4.90. The summed E-state index contributed by atoms with van der Waals surface area (Å²) < 4.78 is 6.21. The third-order valence-corrected chi connectivity index (χ3v) is 10.8. The maximum absolute atomic E-state index is 13.8. The summed E-state index contributed by atoms with van der Waals surface area (Å²) in [5.74, 6) is -4.30. The number of Topliss-reactive ketones (excluding diaryl/α,β-unsaturated/α-hetero) is 1. The van der Waals surface area contributed by atoms with Crippen molar-refractivity contribution in [3.8, 4) is 11.5 Å². The van der Waals surface area contributed by atoms with Gasteiger partial charge in [0.05, 0.1) is 23.4 Å². The first kappa shape index (κ1) is 29.4. The van der Waals surface area contributed by atoms with E-state index in [1.54, 1.807) is 13.0 Å². The Bertz CT molecular complexity index is 1490. The second kappa shape index (κ2) is 11.3. The number of carboxylic acid groups (broad SMARTS) is 1. The van der Waals surface area contributed by atoms with E-state index in [0.717, 1.165) is 5.57 Å². The van der Waals surface area contributed by atoms with Gasteiger partial charge in [-0.25, -0.2) is 0 Å². The number of imide groups is 1. The molecule has 0 saturated carbocycles. The molecule has 2 N–H and O–H groups in total. The van der Waals surface area contributed by atoms with Crippen molar-refractivity contribution >= 4 is 61.2 Å². The number of carboxylic acids is 1. The molecule has 4 aliphatic rings. The molecule has 1 aliphatic heterocycles. The lowest BCUT2D eigenvalue weighted by Gasteiger charge is -2.42. The highest BCUT2D eigenvalue weighted by molar-refractivity contribution is 9.13. The van der Waals surface area contributed by atoms with Crippen molar-refractivity contribution in [3.05, 3.63) is 55.0 Å². The van der Waals surface area contributed by atoms with Gasteiger partial charge in [-0.2, -0.15) is 0 Å². The Labute approximate surface area is 253 Å². The highest BCUT2D eigenvalue weighted by Crippen LogP contribution is 2.57. The number of rotatable bonds is 8. The van der Waals surface area contributed by atoms with Crippen LogP contribution in [-0.4, -0.2) is 58.1 Å². The van der Waals surface area contributed by atoms with Crippen molar-refractivity contribution in [2.24, 2.45) is 17.8 Å². The van der Waals surface area contributed by atoms with Crippen molar-refractivity contribution < 1.29 is 38.9 Å². The van der Waals surface area contributed by atoms with Crippen LogP contribution in [-0.2, 0) is 24.0 Å². The number of nitrogens with zero attached hydrogens (tertiary/aromatic N) is 1. The lowest BCUT2D eigenvalue weighted by atomic mass is 9.59. The Morgan fingerprint density at radius 1 is 1.07 bits per heavy atom. The van der Waals surface area contributed by atoms with E-state index in [2.05, 4.69) is 31.9 Å². The van der Waals surface area contributed by atoms with Crippen LogP contribution < -0.4 is 4.74 Å². The summed E-state index contributed by atoms with van der Waals surface area (Å²) in [4.78, 5) is 66.2. The normalized spacial score (nSPS) is 25.5. The number of likely N-dealkylation sites (tertiary alicyclic amines) is 1. The zero-order valence-electron chi connectivity index (χ0n) is 22.5. The van der Waals surface area contributed by atoms with Crippen LogP contribution in [0.15, 0.2) is 49.5 Å². The van der Waals surface area contributed by atoms with Crippen LogP contribution in [0.2, 0.25) is 0 Å². The second-order valence-electron chi connectivity index (χ2n) is 10.9. The standard InChI is InChI=1S/C30H29Br2NO8/c1-13-10-19(34)17-11-16-14(22(24(17)27(13)37)18-12-20(41-2)28(38)26(32)25(18)31)7-8-15-23(16)30(40)33(29(15)39)9-5-3-4-6-21(35)36/h7,10,12,15-16,22-23,38H,3-6,8-9,11H2,1-2H3,(H,35,36)/t15-,16+,22+,23-/m0/s1. The summed E-state index contributed by atoms with van der Waals surface area (Å²) in [6.07, 6.45) is 5.36. The minimum Gasteiger partial charge on any atom is -0.503 e. The molecular weight excluding hydrogens is 662 g/mol. The highest BCUT2D eigenvalue weighted by Gasteiger charge is 2.56. The van der Waals surface area contributed by atoms with Crippen LogP contribution in [0.3, 0.4) is 0 Å². The second-order valence-corrected chi connectivity index (χ2v) is 12.5. The van der Waals surface area contributed by atoms with Gasteiger partial charge in [0.15, 0.2) is 23.1 Å². The number of phenols is 1. The number of hydrogen-bond donors (Lipinski definition) is 2.